The highest BCUT2D eigenvalue weighted by Crippen LogP contribution is 2.41. The number of pyridine rings is 1. The van der Waals surface area contributed by atoms with E-state index in [0.717, 1.165) is 34.2 Å². The number of halogens is 1. The number of thiophene rings is 1. The molecule has 0 aliphatic carbocycles. The van der Waals surface area contributed by atoms with Crippen molar-refractivity contribution >= 4 is 28.3 Å². The van der Waals surface area contributed by atoms with E-state index in [1.807, 2.05) is 25.4 Å². The molecule has 1 aliphatic rings. The topological polar surface area (TPSA) is 101 Å². The maximum Gasteiger partial charge on any atom is 0.264 e. The summed E-state index contributed by atoms with van der Waals surface area (Å²) in [5, 5.41) is 14.3. The monoisotopic (exact) mass is 460 g/mol. The molecule has 3 aromatic heterocycles. The SMILES string of the molecule is Cn1cc2cc(-c3sc(C(=O)N4CCC[C@@H](N)C4)cc3-c3ccc(C#N)c(F)c3)cnc2n1. The number of hydrogen-bond acceptors (Lipinski definition) is 6. The van der Waals surface area contributed by atoms with Crippen molar-refractivity contribution in [2.24, 2.45) is 12.8 Å². The predicted octanol–water partition coefficient (Wildman–Crippen LogP) is 3.94. The van der Waals surface area contributed by atoms with Crippen LogP contribution in [0.1, 0.15) is 28.1 Å². The number of aromatic nitrogens is 3. The van der Waals surface area contributed by atoms with E-state index in [2.05, 4.69) is 10.1 Å². The number of fused-ring (bicyclic) bond motifs is 1. The van der Waals surface area contributed by atoms with Crippen LogP contribution in [0.3, 0.4) is 0 Å². The Kier molecular flexibility index (Phi) is 5.40. The minimum atomic E-state index is -0.595. The average molecular weight is 461 g/mol. The molecule has 5 rings (SSSR count). The third-order valence-electron chi connectivity index (χ3n) is 5.82. The zero-order valence-corrected chi connectivity index (χ0v) is 18.8. The lowest BCUT2D eigenvalue weighted by atomic mass is 10.0. The molecule has 1 saturated heterocycles. The standard InChI is InChI=1S/C24H21FN6OS/c1-30-12-17-7-16(11-28-23(17)29-30)22-19(14-4-5-15(10-26)20(25)8-14)9-21(33-22)24(32)31-6-2-3-18(27)13-31/h4-5,7-9,11-12,18H,2-3,6,13,27H2,1H3/t18-/m1/s1. The van der Waals surface area contributed by atoms with Gasteiger partial charge in [0.15, 0.2) is 5.65 Å². The van der Waals surface area contributed by atoms with Crippen molar-refractivity contribution in [1.29, 1.82) is 5.26 Å². The van der Waals surface area contributed by atoms with Crippen LogP contribution in [0.2, 0.25) is 0 Å². The number of nitrogens with zero attached hydrogens (tertiary/aromatic N) is 5. The van der Waals surface area contributed by atoms with Gasteiger partial charge in [0.25, 0.3) is 5.91 Å². The molecule has 4 heterocycles. The van der Waals surface area contributed by atoms with Crippen LogP contribution in [0.5, 0.6) is 0 Å². The smallest absolute Gasteiger partial charge is 0.264 e. The Bertz CT molecular complexity index is 1420. The van der Waals surface area contributed by atoms with Crippen LogP contribution in [0.15, 0.2) is 42.7 Å². The third-order valence-corrected chi connectivity index (χ3v) is 7.00. The molecule has 1 amide bonds. The van der Waals surface area contributed by atoms with E-state index in [9.17, 15) is 9.18 Å². The fraction of sp³-hybridized carbons (Fsp3) is 0.250. The van der Waals surface area contributed by atoms with Crippen molar-refractivity contribution in [1.82, 2.24) is 19.7 Å². The van der Waals surface area contributed by atoms with Crippen molar-refractivity contribution in [3.63, 3.8) is 0 Å². The van der Waals surface area contributed by atoms with Gasteiger partial charge in [0.2, 0.25) is 0 Å². The molecule has 4 aromatic rings. The summed E-state index contributed by atoms with van der Waals surface area (Å²) in [5.74, 6) is -0.671. The van der Waals surface area contributed by atoms with Gasteiger partial charge >= 0.3 is 0 Å². The second-order valence-corrected chi connectivity index (χ2v) is 9.31. The van der Waals surface area contributed by atoms with Crippen molar-refractivity contribution in [2.45, 2.75) is 18.9 Å². The number of nitriles is 1. The van der Waals surface area contributed by atoms with Gasteiger partial charge in [-0.25, -0.2) is 9.37 Å². The number of rotatable bonds is 3. The molecule has 0 unspecified atom stereocenters. The highest BCUT2D eigenvalue weighted by Gasteiger charge is 2.26. The summed E-state index contributed by atoms with van der Waals surface area (Å²) in [6, 6.07) is 10.1. The normalized spacial score (nSPS) is 16.2. The molecular weight excluding hydrogens is 439 g/mol. The Morgan fingerprint density at radius 2 is 2.15 bits per heavy atom. The largest absolute Gasteiger partial charge is 0.336 e. The molecule has 0 bridgehead atoms. The summed E-state index contributed by atoms with van der Waals surface area (Å²) in [7, 11) is 1.83. The number of amides is 1. The molecule has 1 fully saturated rings. The number of hydrogen-bond donors (Lipinski definition) is 1. The first-order valence-corrected chi connectivity index (χ1v) is 11.4. The molecule has 0 spiro atoms. The van der Waals surface area contributed by atoms with E-state index >= 15 is 0 Å². The van der Waals surface area contributed by atoms with E-state index in [1.165, 1.54) is 23.5 Å². The number of benzene rings is 1. The molecule has 1 atom stereocenters. The molecular formula is C24H21FN6OS. The quantitative estimate of drug-likeness (QED) is 0.499. The number of aryl methyl sites for hydroxylation is 1. The third kappa shape index (κ3) is 3.99. The zero-order valence-electron chi connectivity index (χ0n) is 18.0. The highest BCUT2D eigenvalue weighted by atomic mass is 32.1. The van der Waals surface area contributed by atoms with Crippen LogP contribution >= 0.6 is 11.3 Å². The number of piperidine rings is 1. The molecule has 1 aliphatic heterocycles. The molecule has 7 nitrogen and oxygen atoms in total. The maximum absolute atomic E-state index is 14.4. The van der Waals surface area contributed by atoms with Gasteiger partial charge in [-0.15, -0.1) is 11.3 Å². The summed E-state index contributed by atoms with van der Waals surface area (Å²) in [6.45, 7) is 1.19. The van der Waals surface area contributed by atoms with Gasteiger partial charge in [-0.05, 0) is 42.7 Å². The van der Waals surface area contributed by atoms with Crippen LogP contribution in [0.4, 0.5) is 4.39 Å². The summed E-state index contributed by atoms with van der Waals surface area (Å²) in [5.41, 5.74) is 8.82. The minimum absolute atomic E-state index is 0.0208. The van der Waals surface area contributed by atoms with E-state index in [1.54, 1.807) is 27.9 Å². The zero-order chi connectivity index (χ0) is 23.1. The summed E-state index contributed by atoms with van der Waals surface area (Å²) < 4.78 is 16.1. The molecule has 0 saturated carbocycles. The number of likely N-dealkylation sites (tertiary alicyclic amines) is 1. The van der Waals surface area contributed by atoms with Crippen molar-refractivity contribution in [3.05, 3.63) is 59.0 Å². The van der Waals surface area contributed by atoms with Gasteiger partial charge in [0.05, 0.1) is 10.4 Å². The lowest BCUT2D eigenvalue weighted by Gasteiger charge is -2.30. The van der Waals surface area contributed by atoms with Crippen molar-refractivity contribution in [2.75, 3.05) is 13.1 Å². The van der Waals surface area contributed by atoms with Gasteiger partial charge in [0.1, 0.15) is 11.9 Å². The Balaban J connectivity index is 1.63. The predicted molar refractivity (Wildman–Crippen MR) is 125 cm³/mol. The Morgan fingerprint density at radius 1 is 1.30 bits per heavy atom. The Labute approximate surface area is 193 Å². The van der Waals surface area contributed by atoms with Crippen molar-refractivity contribution in [3.8, 4) is 27.6 Å². The fourth-order valence-electron chi connectivity index (χ4n) is 4.21. The molecule has 0 radical (unpaired) electrons. The highest BCUT2D eigenvalue weighted by molar-refractivity contribution is 7.18. The summed E-state index contributed by atoms with van der Waals surface area (Å²) in [4.78, 5) is 20.9. The van der Waals surface area contributed by atoms with E-state index in [-0.39, 0.29) is 17.5 Å². The van der Waals surface area contributed by atoms with Gasteiger partial charge in [-0.1, -0.05) is 6.07 Å². The minimum Gasteiger partial charge on any atom is -0.336 e. The van der Waals surface area contributed by atoms with E-state index < -0.39 is 5.82 Å². The fourth-order valence-corrected chi connectivity index (χ4v) is 5.34. The molecule has 33 heavy (non-hydrogen) atoms. The average Bonchev–Trinajstić information content (AvgIpc) is 3.41. The number of carbonyl (C=O) groups is 1. The number of carbonyl (C=O) groups excluding carboxylic acids is 1. The van der Waals surface area contributed by atoms with Crippen LogP contribution < -0.4 is 5.73 Å². The number of nitrogens with two attached hydrogens (primary N) is 1. The summed E-state index contributed by atoms with van der Waals surface area (Å²) >= 11 is 1.35. The lowest BCUT2D eigenvalue weighted by Crippen LogP contribution is -2.45. The van der Waals surface area contributed by atoms with Crippen molar-refractivity contribution < 1.29 is 9.18 Å². The first-order valence-electron chi connectivity index (χ1n) is 10.6. The van der Waals surface area contributed by atoms with Crippen LogP contribution in [0.25, 0.3) is 32.6 Å². The summed E-state index contributed by atoms with van der Waals surface area (Å²) in [6.07, 6.45) is 5.38. The molecule has 9 heteroatoms. The lowest BCUT2D eigenvalue weighted by molar-refractivity contribution is 0.0714. The van der Waals surface area contributed by atoms with Crippen LogP contribution in [-0.4, -0.2) is 44.7 Å². The van der Waals surface area contributed by atoms with Gasteiger partial charge in [0, 0.05) is 60.0 Å². The van der Waals surface area contributed by atoms with Gasteiger partial charge in [-0.3, -0.25) is 9.48 Å². The van der Waals surface area contributed by atoms with Crippen LogP contribution in [0, 0.1) is 17.1 Å². The van der Waals surface area contributed by atoms with Gasteiger partial charge < -0.3 is 10.6 Å². The van der Waals surface area contributed by atoms with Crippen LogP contribution in [-0.2, 0) is 7.05 Å². The Morgan fingerprint density at radius 3 is 2.91 bits per heavy atom. The molecule has 2 N–H and O–H groups in total. The second kappa shape index (κ2) is 8.39. The first kappa shape index (κ1) is 21.2. The molecule has 1 aromatic carbocycles. The van der Waals surface area contributed by atoms with Gasteiger partial charge in [-0.2, -0.15) is 10.4 Å². The Hall–Kier alpha value is -3.61. The van der Waals surface area contributed by atoms with E-state index in [0.29, 0.717) is 29.2 Å². The second-order valence-electron chi connectivity index (χ2n) is 8.25. The maximum atomic E-state index is 14.4. The van der Waals surface area contributed by atoms with E-state index in [4.69, 9.17) is 11.0 Å². The first-order chi connectivity index (χ1) is 15.9. The molecule has 166 valence electrons.